The van der Waals surface area contributed by atoms with Gasteiger partial charge in [-0.3, -0.25) is 0 Å². The average Bonchev–Trinajstić information content (AvgIpc) is 2.98. The summed E-state index contributed by atoms with van der Waals surface area (Å²) >= 11 is 0. The maximum absolute atomic E-state index is 11.9. The van der Waals surface area contributed by atoms with Gasteiger partial charge in [0.15, 0.2) is 0 Å². The van der Waals surface area contributed by atoms with Crippen molar-refractivity contribution in [2.24, 2.45) is 17.8 Å². The molecule has 0 radical (unpaired) electrons. The molecule has 1 heteroatoms. The van der Waals surface area contributed by atoms with Crippen molar-refractivity contribution >= 4 is 6.29 Å². The van der Waals surface area contributed by atoms with Gasteiger partial charge in [0.05, 0.1) is 5.41 Å². The zero-order chi connectivity index (χ0) is 11.5. The van der Waals surface area contributed by atoms with E-state index in [1.807, 2.05) is 0 Å². The summed E-state index contributed by atoms with van der Waals surface area (Å²) in [6, 6.07) is 8.57. The van der Waals surface area contributed by atoms with Gasteiger partial charge < -0.3 is 4.79 Å². The molecule has 4 rings (SSSR count). The lowest BCUT2D eigenvalue weighted by Crippen LogP contribution is -2.44. The topological polar surface area (TPSA) is 17.1 Å². The smallest absolute Gasteiger partial charge is 0.131 e. The van der Waals surface area contributed by atoms with E-state index in [1.54, 1.807) is 0 Å². The fourth-order valence-electron chi connectivity index (χ4n) is 4.57. The summed E-state index contributed by atoms with van der Waals surface area (Å²) in [6.45, 7) is 0. The van der Waals surface area contributed by atoms with Crippen LogP contribution in [0.5, 0.6) is 0 Å². The molecule has 4 atom stereocenters. The number of allylic oxidation sites excluding steroid dienone is 2. The molecule has 0 aliphatic heterocycles. The number of aryl methyl sites for hydroxylation is 1. The van der Waals surface area contributed by atoms with E-state index in [-0.39, 0.29) is 5.41 Å². The molecular formula is C16H16O. The Morgan fingerprint density at radius 3 is 3.00 bits per heavy atom. The molecule has 1 fully saturated rings. The van der Waals surface area contributed by atoms with Crippen molar-refractivity contribution in [3.05, 3.63) is 47.5 Å². The van der Waals surface area contributed by atoms with Crippen molar-refractivity contribution < 1.29 is 4.79 Å². The van der Waals surface area contributed by atoms with Gasteiger partial charge in [-0.1, -0.05) is 36.4 Å². The predicted molar refractivity (Wildman–Crippen MR) is 66.7 cm³/mol. The number of carbonyl (C=O) groups is 1. The third-order valence-corrected chi connectivity index (χ3v) is 5.26. The van der Waals surface area contributed by atoms with Gasteiger partial charge in [-0.25, -0.2) is 0 Å². The maximum atomic E-state index is 11.9. The Bertz CT molecular complexity index is 516. The third kappa shape index (κ3) is 0.987. The largest absolute Gasteiger partial charge is 0.302 e. The lowest BCUT2D eigenvalue weighted by molar-refractivity contribution is -0.115. The molecule has 1 nitrogen and oxygen atoms in total. The summed E-state index contributed by atoms with van der Waals surface area (Å²) < 4.78 is 0. The van der Waals surface area contributed by atoms with E-state index in [9.17, 15) is 4.79 Å². The van der Waals surface area contributed by atoms with Gasteiger partial charge in [-0.05, 0) is 48.1 Å². The molecule has 0 saturated heterocycles. The molecule has 0 unspecified atom stereocenters. The summed E-state index contributed by atoms with van der Waals surface area (Å²) in [5.74, 6) is 1.67. The second-order valence-electron chi connectivity index (χ2n) is 5.74. The van der Waals surface area contributed by atoms with Crippen molar-refractivity contribution in [3.8, 4) is 0 Å². The van der Waals surface area contributed by atoms with Crippen LogP contribution in [0.25, 0.3) is 0 Å². The van der Waals surface area contributed by atoms with Gasteiger partial charge in [0, 0.05) is 0 Å². The van der Waals surface area contributed by atoms with Crippen LogP contribution in [0, 0.1) is 17.8 Å². The molecule has 0 N–H and O–H groups in total. The van der Waals surface area contributed by atoms with Crippen LogP contribution in [0.15, 0.2) is 36.4 Å². The SMILES string of the molecule is O=C[C@@]12c3ccccc3CC[C@@H]1[C@H]1C=C[C@@H]2C1. The number of hydrogen-bond donors (Lipinski definition) is 0. The highest BCUT2D eigenvalue weighted by atomic mass is 16.1. The molecule has 86 valence electrons. The first-order valence-electron chi connectivity index (χ1n) is 6.59. The van der Waals surface area contributed by atoms with Crippen LogP contribution in [0.4, 0.5) is 0 Å². The fourth-order valence-corrected chi connectivity index (χ4v) is 4.57. The van der Waals surface area contributed by atoms with Crippen LogP contribution in [0.2, 0.25) is 0 Å². The van der Waals surface area contributed by atoms with Crippen molar-refractivity contribution in [2.75, 3.05) is 0 Å². The van der Waals surface area contributed by atoms with E-state index in [4.69, 9.17) is 0 Å². The van der Waals surface area contributed by atoms with E-state index >= 15 is 0 Å². The zero-order valence-electron chi connectivity index (χ0n) is 9.80. The summed E-state index contributed by atoms with van der Waals surface area (Å²) in [5, 5.41) is 0. The number of benzene rings is 1. The summed E-state index contributed by atoms with van der Waals surface area (Å²) in [4.78, 5) is 11.9. The molecule has 0 aromatic heterocycles. The Hall–Kier alpha value is -1.37. The van der Waals surface area contributed by atoms with Crippen LogP contribution in [0.1, 0.15) is 24.0 Å². The fraction of sp³-hybridized carbons (Fsp3) is 0.438. The van der Waals surface area contributed by atoms with Gasteiger partial charge in [-0.15, -0.1) is 0 Å². The summed E-state index contributed by atoms with van der Waals surface area (Å²) in [5.41, 5.74) is 2.54. The van der Waals surface area contributed by atoms with Crippen LogP contribution in [-0.4, -0.2) is 6.29 Å². The Morgan fingerprint density at radius 1 is 1.24 bits per heavy atom. The van der Waals surface area contributed by atoms with Crippen LogP contribution >= 0.6 is 0 Å². The lowest BCUT2D eigenvalue weighted by atomic mass is 9.59. The molecule has 0 amide bonds. The molecule has 0 spiro atoms. The molecule has 1 aromatic carbocycles. The Balaban J connectivity index is 1.99. The molecule has 0 heterocycles. The number of fused-ring (bicyclic) bond motifs is 7. The first-order valence-corrected chi connectivity index (χ1v) is 6.59. The molecular weight excluding hydrogens is 208 g/mol. The first-order chi connectivity index (χ1) is 8.36. The van der Waals surface area contributed by atoms with Crippen molar-refractivity contribution in [2.45, 2.75) is 24.7 Å². The van der Waals surface area contributed by atoms with E-state index in [1.165, 1.54) is 30.3 Å². The first kappa shape index (κ1) is 9.64. The second kappa shape index (κ2) is 3.10. The number of hydrogen-bond acceptors (Lipinski definition) is 1. The minimum Gasteiger partial charge on any atom is -0.302 e. The van der Waals surface area contributed by atoms with E-state index in [2.05, 4.69) is 36.4 Å². The van der Waals surface area contributed by atoms with Crippen LogP contribution in [-0.2, 0) is 16.6 Å². The van der Waals surface area contributed by atoms with Gasteiger partial charge >= 0.3 is 0 Å². The Labute approximate surface area is 102 Å². The number of rotatable bonds is 1. The van der Waals surface area contributed by atoms with Crippen molar-refractivity contribution in [3.63, 3.8) is 0 Å². The lowest BCUT2D eigenvalue weighted by Gasteiger charge is -2.42. The highest BCUT2D eigenvalue weighted by Gasteiger charge is 2.58. The normalized spacial score (nSPS) is 41.1. The van der Waals surface area contributed by atoms with E-state index < -0.39 is 0 Å². The highest BCUT2D eigenvalue weighted by molar-refractivity contribution is 5.74. The standard InChI is InChI=1S/C16H16O/c17-10-16-13-7-5-12(9-13)15(16)8-6-11-3-1-2-4-14(11)16/h1-5,7,10,12-13,15H,6,8-9H2/t12-,13+,15+,16+/m0/s1. The van der Waals surface area contributed by atoms with Gasteiger partial charge in [0.25, 0.3) is 0 Å². The highest BCUT2D eigenvalue weighted by Crippen LogP contribution is 2.60. The average molecular weight is 224 g/mol. The number of carbonyl (C=O) groups excluding carboxylic acids is 1. The zero-order valence-corrected chi connectivity index (χ0v) is 9.80. The summed E-state index contributed by atoms with van der Waals surface area (Å²) in [6.07, 6.45) is 9.43. The summed E-state index contributed by atoms with van der Waals surface area (Å²) in [7, 11) is 0. The van der Waals surface area contributed by atoms with Gasteiger partial charge in [-0.2, -0.15) is 0 Å². The quantitative estimate of drug-likeness (QED) is 0.529. The third-order valence-electron chi connectivity index (χ3n) is 5.26. The molecule has 1 saturated carbocycles. The van der Waals surface area contributed by atoms with Gasteiger partial charge in [0.1, 0.15) is 6.29 Å². The second-order valence-corrected chi connectivity index (χ2v) is 5.74. The van der Waals surface area contributed by atoms with Crippen LogP contribution < -0.4 is 0 Å². The molecule has 3 aliphatic carbocycles. The predicted octanol–water partition coefficient (Wildman–Crippen LogP) is 2.89. The minimum atomic E-state index is -0.186. The van der Waals surface area contributed by atoms with Crippen LogP contribution in [0.3, 0.4) is 0 Å². The monoisotopic (exact) mass is 224 g/mol. The molecule has 2 bridgehead atoms. The van der Waals surface area contributed by atoms with E-state index in [0.717, 1.165) is 6.42 Å². The molecule has 1 aromatic rings. The number of aldehydes is 1. The Morgan fingerprint density at radius 2 is 2.12 bits per heavy atom. The van der Waals surface area contributed by atoms with Crippen molar-refractivity contribution in [1.29, 1.82) is 0 Å². The Kier molecular flexibility index (Phi) is 1.76. The maximum Gasteiger partial charge on any atom is 0.131 e. The molecule has 17 heavy (non-hydrogen) atoms. The van der Waals surface area contributed by atoms with Gasteiger partial charge in [0.2, 0.25) is 0 Å². The molecule has 3 aliphatic rings. The van der Waals surface area contributed by atoms with Crippen molar-refractivity contribution in [1.82, 2.24) is 0 Å². The minimum absolute atomic E-state index is 0.186. The van der Waals surface area contributed by atoms with E-state index in [0.29, 0.717) is 17.8 Å².